The third-order valence-corrected chi connectivity index (χ3v) is 7.49. The van der Waals surface area contributed by atoms with Crippen LogP contribution in [0.5, 0.6) is 0 Å². The molecular weight excluding hydrogens is 520 g/mol. The van der Waals surface area contributed by atoms with Gasteiger partial charge in [0.2, 0.25) is 11.8 Å². The van der Waals surface area contributed by atoms with E-state index in [0.717, 1.165) is 11.6 Å². The first-order chi connectivity index (χ1) is 19.3. The number of carbonyl (C=O) groups is 2. The van der Waals surface area contributed by atoms with Crippen LogP contribution < -0.4 is 10.6 Å². The first-order valence-electron chi connectivity index (χ1n) is 14.0. The first-order valence-corrected chi connectivity index (χ1v) is 14.0. The van der Waals surface area contributed by atoms with Crippen molar-refractivity contribution in [1.29, 1.82) is 0 Å². The lowest BCUT2D eigenvalue weighted by molar-refractivity contribution is -0.129. The molecule has 2 fully saturated rings. The number of carbonyl (C=O) groups excluding carboxylic acids is 2. The van der Waals surface area contributed by atoms with E-state index in [1.807, 2.05) is 37.3 Å². The maximum atomic E-state index is 13.9. The molecule has 8 nitrogen and oxygen atoms in total. The predicted molar refractivity (Wildman–Crippen MR) is 145 cm³/mol. The van der Waals surface area contributed by atoms with Crippen LogP contribution >= 0.6 is 0 Å². The van der Waals surface area contributed by atoms with E-state index in [4.69, 9.17) is 9.47 Å². The molecule has 2 aromatic carbocycles. The van der Waals surface area contributed by atoms with Crippen LogP contribution in [0.4, 0.5) is 8.78 Å². The molecule has 4 rings (SSSR count). The third-order valence-electron chi connectivity index (χ3n) is 7.49. The number of aliphatic hydroxyl groups is 1. The Morgan fingerprint density at radius 3 is 2.65 bits per heavy atom. The molecule has 0 aromatic heterocycles. The number of halogens is 2. The van der Waals surface area contributed by atoms with Crippen molar-refractivity contribution in [2.75, 3.05) is 32.8 Å². The van der Waals surface area contributed by atoms with Crippen molar-refractivity contribution in [1.82, 2.24) is 15.5 Å². The molecule has 0 spiro atoms. The van der Waals surface area contributed by atoms with Crippen LogP contribution in [-0.4, -0.2) is 79.0 Å². The molecule has 5 atom stereocenters. The van der Waals surface area contributed by atoms with Crippen molar-refractivity contribution >= 4 is 11.8 Å². The zero-order chi connectivity index (χ0) is 28.5. The molecule has 10 heteroatoms. The average molecular weight is 560 g/mol. The smallest absolute Gasteiger partial charge is 0.225 e. The molecule has 218 valence electrons. The van der Waals surface area contributed by atoms with E-state index >= 15 is 0 Å². The molecule has 2 aromatic rings. The Hall–Kier alpha value is -2.92. The fourth-order valence-electron chi connectivity index (χ4n) is 5.39. The Morgan fingerprint density at radius 2 is 1.93 bits per heavy atom. The van der Waals surface area contributed by atoms with E-state index in [9.17, 15) is 23.5 Å². The van der Waals surface area contributed by atoms with Gasteiger partial charge in [-0.15, -0.1) is 0 Å². The molecule has 0 radical (unpaired) electrons. The summed E-state index contributed by atoms with van der Waals surface area (Å²) in [5.74, 6) is -2.50. The molecule has 0 bridgehead atoms. The van der Waals surface area contributed by atoms with Crippen LogP contribution in [0.3, 0.4) is 0 Å². The maximum absolute atomic E-state index is 13.9. The number of nitrogens with zero attached hydrogens (tertiary/aromatic N) is 1. The predicted octanol–water partition coefficient (Wildman–Crippen LogP) is 2.58. The SMILES string of the molecule is CCOCCCN1CC(C(=O)N[C@@H](Cc2cc(F)cc(F)c2)[C@H](O)[C@H]2C[C@@H](OCc3ccccc3)CN2)CC1=O. The third kappa shape index (κ3) is 8.54. The lowest BCUT2D eigenvalue weighted by Crippen LogP contribution is -2.53. The summed E-state index contributed by atoms with van der Waals surface area (Å²) in [5, 5.41) is 17.5. The van der Waals surface area contributed by atoms with Gasteiger partial charge in [0, 0.05) is 51.4 Å². The number of rotatable bonds is 14. The summed E-state index contributed by atoms with van der Waals surface area (Å²) < 4.78 is 39.2. The highest BCUT2D eigenvalue weighted by molar-refractivity contribution is 5.89. The number of benzene rings is 2. The van der Waals surface area contributed by atoms with E-state index in [-0.39, 0.29) is 37.3 Å². The second-order valence-electron chi connectivity index (χ2n) is 10.5. The zero-order valence-corrected chi connectivity index (χ0v) is 22.9. The molecular formula is C30H39F2N3O5. The summed E-state index contributed by atoms with van der Waals surface area (Å²) in [4.78, 5) is 27.4. The minimum atomic E-state index is -1.06. The summed E-state index contributed by atoms with van der Waals surface area (Å²) in [6.45, 7) is 4.81. The Kier molecular flexibility index (Phi) is 11.0. The van der Waals surface area contributed by atoms with Gasteiger partial charge >= 0.3 is 0 Å². The highest BCUT2D eigenvalue weighted by Gasteiger charge is 2.39. The van der Waals surface area contributed by atoms with Crippen molar-refractivity contribution in [3.8, 4) is 0 Å². The second-order valence-corrected chi connectivity index (χ2v) is 10.5. The van der Waals surface area contributed by atoms with Gasteiger partial charge in [-0.3, -0.25) is 9.59 Å². The molecule has 3 N–H and O–H groups in total. The number of ether oxygens (including phenoxy) is 2. The largest absolute Gasteiger partial charge is 0.389 e. The molecule has 0 aliphatic carbocycles. The molecule has 2 aliphatic heterocycles. The van der Waals surface area contributed by atoms with Gasteiger partial charge < -0.3 is 30.1 Å². The van der Waals surface area contributed by atoms with Gasteiger partial charge in [0.1, 0.15) is 11.6 Å². The highest BCUT2D eigenvalue weighted by Crippen LogP contribution is 2.22. The molecule has 2 heterocycles. The van der Waals surface area contributed by atoms with Crippen LogP contribution in [0.2, 0.25) is 0 Å². The number of aliphatic hydroxyl groups excluding tert-OH is 1. The fourth-order valence-corrected chi connectivity index (χ4v) is 5.39. The summed E-state index contributed by atoms with van der Waals surface area (Å²) in [7, 11) is 0. The monoisotopic (exact) mass is 559 g/mol. The first kappa shape index (κ1) is 30.0. The Balaban J connectivity index is 1.39. The molecule has 2 amide bonds. The maximum Gasteiger partial charge on any atom is 0.225 e. The van der Waals surface area contributed by atoms with Gasteiger partial charge in [0.25, 0.3) is 0 Å². The average Bonchev–Trinajstić information content (AvgIpc) is 3.56. The molecule has 1 unspecified atom stereocenters. The van der Waals surface area contributed by atoms with Crippen molar-refractivity contribution in [2.24, 2.45) is 5.92 Å². The topological polar surface area (TPSA) is 100 Å². The van der Waals surface area contributed by atoms with Gasteiger partial charge in [0.05, 0.1) is 30.8 Å². The van der Waals surface area contributed by atoms with Gasteiger partial charge in [-0.2, -0.15) is 0 Å². The van der Waals surface area contributed by atoms with Crippen molar-refractivity contribution in [2.45, 2.75) is 63.5 Å². The van der Waals surface area contributed by atoms with Crippen molar-refractivity contribution < 1.29 is 33.0 Å². The summed E-state index contributed by atoms with van der Waals surface area (Å²) in [6, 6.07) is 11.7. The van der Waals surface area contributed by atoms with Crippen LogP contribution in [-0.2, 0) is 32.1 Å². The minimum absolute atomic E-state index is 0.0219. The van der Waals surface area contributed by atoms with Crippen LogP contribution in [0.25, 0.3) is 0 Å². The van der Waals surface area contributed by atoms with E-state index in [0.29, 0.717) is 51.3 Å². The molecule has 0 saturated carbocycles. The van der Waals surface area contributed by atoms with Gasteiger partial charge in [-0.25, -0.2) is 8.78 Å². The van der Waals surface area contributed by atoms with E-state index in [1.54, 1.807) is 4.90 Å². The standard InChI is InChI=1S/C30H39F2N3O5/c1-2-39-10-6-9-35-18-22(14-28(35)36)30(38)34-27(13-21-11-23(31)15-24(32)12-21)29(37)26-16-25(17-33-26)40-19-20-7-4-3-5-8-20/h3-5,7-8,11-12,15,22,25-27,29,33,37H,2,6,9-10,13-14,16-19H2,1H3,(H,34,38)/t22?,25-,26-,27+,29-/m1/s1. The molecule has 2 saturated heterocycles. The van der Waals surface area contributed by atoms with E-state index < -0.39 is 35.7 Å². The highest BCUT2D eigenvalue weighted by atomic mass is 19.1. The normalized spacial score (nSPS) is 22.4. The number of nitrogens with one attached hydrogen (secondary N) is 2. The van der Waals surface area contributed by atoms with Gasteiger partial charge in [-0.1, -0.05) is 30.3 Å². The van der Waals surface area contributed by atoms with Gasteiger partial charge in [0.15, 0.2) is 0 Å². The number of hydrogen-bond donors (Lipinski definition) is 3. The van der Waals surface area contributed by atoms with Crippen LogP contribution in [0.15, 0.2) is 48.5 Å². The van der Waals surface area contributed by atoms with Crippen LogP contribution in [0.1, 0.15) is 37.3 Å². The van der Waals surface area contributed by atoms with Crippen LogP contribution in [0, 0.1) is 17.6 Å². The Bertz CT molecular complexity index is 1100. The van der Waals surface area contributed by atoms with Crippen molar-refractivity contribution in [3.63, 3.8) is 0 Å². The van der Waals surface area contributed by atoms with E-state index in [1.165, 1.54) is 12.1 Å². The van der Waals surface area contributed by atoms with E-state index in [2.05, 4.69) is 10.6 Å². The zero-order valence-electron chi connectivity index (χ0n) is 22.9. The van der Waals surface area contributed by atoms with Gasteiger partial charge in [-0.05, 0) is 49.4 Å². The summed E-state index contributed by atoms with van der Waals surface area (Å²) in [6.07, 6.45) is 0.0954. The second kappa shape index (κ2) is 14.6. The lowest BCUT2D eigenvalue weighted by Gasteiger charge is -2.29. The quantitative estimate of drug-likeness (QED) is 0.308. The fraction of sp³-hybridized carbons (Fsp3) is 0.533. The summed E-state index contributed by atoms with van der Waals surface area (Å²) in [5.41, 5.74) is 1.36. The number of amides is 2. The minimum Gasteiger partial charge on any atom is -0.389 e. The Labute approximate surface area is 234 Å². The number of likely N-dealkylation sites (tertiary alicyclic amines) is 1. The molecule has 40 heavy (non-hydrogen) atoms. The van der Waals surface area contributed by atoms with Crippen molar-refractivity contribution in [3.05, 3.63) is 71.3 Å². The summed E-state index contributed by atoms with van der Waals surface area (Å²) >= 11 is 0. The molecule has 2 aliphatic rings. The Morgan fingerprint density at radius 1 is 1.18 bits per heavy atom. The lowest BCUT2D eigenvalue weighted by atomic mass is 9.94. The number of hydrogen-bond acceptors (Lipinski definition) is 6.